The first-order chi connectivity index (χ1) is 12.1. The Morgan fingerprint density at radius 2 is 2.08 bits per heavy atom. The van der Waals surface area contributed by atoms with Crippen LogP contribution in [0, 0.1) is 0 Å². The molecule has 134 valence electrons. The van der Waals surface area contributed by atoms with Crippen molar-refractivity contribution in [3.63, 3.8) is 0 Å². The number of hydrogen-bond donors (Lipinski definition) is 1. The van der Waals surface area contributed by atoms with E-state index in [0.29, 0.717) is 0 Å². The van der Waals surface area contributed by atoms with Gasteiger partial charge in [0.1, 0.15) is 0 Å². The lowest BCUT2D eigenvalue weighted by Crippen LogP contribution is -2.33. The molecule has 0 amide bonds. The summed E-state index contributed by atoms with van der Waals surface area (Å²) in [6.45, 7) is 5.12. The number of rotatable bonds is 7. The Labute approximate surface area is 155 Å². The smallest absolute Gasteiger partial charge is 0.170 e. The van der Waals surface area contributed by atoms with Gasteiger partial charge >= 0.3 is 0 Å². The van der Waals surface area contributed by atoms with Gasteiger partial charge in [-0.15, -0.1) is 0 Å². The van der Waals surface area contributed by atoms with Gasteiger partial charge in [0.2, 0.25) is 0 Å². The zero-order valence-corrected chi connectivity index (χ0v) is 16.0. The molecule has 0 unspecified atom stereocenters. The standard InChI is InChI=1S/C19H27N5S/c1-4-23-13-7-10-16(23)18-17(15-9-5-6-11-20-15)21-19(25)24(18)14-8-12-22(2)3/h5-7,9-11,13,17-18H,4,8,12,14H2,1-3H3,(H,21,25)/t17-,18+/m1/s1. The minimum absolute atomic E-state index is 0.0771. The molecule has 6 heteroatoms. The second kappa shape index (κ2) is 7.97. The van der Waals surface area contributed by atoms with E-state index < -0.39 is 0 Å². The second-order valence-corrected chi connectivity index (χ2v) is 7.08. The van der Waals surface area contributed by atoms with Gasteiger partial charge in [0.25, 0.3) is 0 Å². The lowest BCUT2D eigenvalue weighted by molar-refractivity contribution is 0.283. The molecule has 0 radical (unpaired) electrons. The molecule has 5 nitrogen and oxygen atoms in total. The van der Waals surface area contributed by atoms with Gasteiger partial charge in [-0.2, -0.15) is 0 Å². The van der Waals surface area contributed by atoms with E-state index in [4.69, 9.17) is 12.2 Å². The zero-order valence-electron chi connectivity index (χ0n) is 15.2. The zero-order chi connectivity index (χ0) is 17.8. The third kappa shape index (κ3) is 3.85. The Morgan fingerprint density at radius 1 is 1.24 bits per heavy atom. The van der Waals surface area contributed by atoms with Crippen LogP contribution in [-0.2, 0) is 6.54 Å². The first kappa shape index (κ1) is 17.9. The normalized spacial score (nSPS) is 20.3. The molecule has 2 atom stereocenters. The average Bonchev–Trinajstić information content (AvgIpc) is 3.19. The van der Waals surface area contributed by atoms with Crippen molar-refractivity contribution in [2.75, 3.05) is 27.2 Å². The monoisotopic (exact) mass is 357 g/mol. The van der Waals surface area contributed by atoms with Crippen molar-refractivity contribution >= 4 is 17.3 Å². The maximum atomic E-state index is 5.69. The average molecular weight is 358 g/mol. The Balaban J connectivity index is 1.92. The summed E-state index contributed by atoms with van der Waals surface area (Å²) in [6.07, 6.45) is 5.07. The largest absolute Gasteiger partial charge is 0.352 e. The predicted octanol–water partition coefficient (Wildman–Crippen LogP) is 2.83. The molecule has 0 aromatic carbocycles. The van der Waals surface area contributed by atoms with Gasteiger partial charge in [-0.05, 0) is 70.5 Å². The van der Waals surface area contributed by atoms with Crippen molar-refractivity contribution in [2.45, 2.75) is 32.0 Å². The molecule has 3 heterocycles. The molecular weight excluding hydrogens is 330 g/mol. The lowest BCUT2D eigenvalue weighted by Gasteiger charge is -2.29. The van der Waals surface area contributed by atoms with E-state index in [0.717, 1.165) is 36.9 Å². The number of nitrogens with zero attached hydrogens (tertiary/aromatic N) is 4. The van der Waals surface area contributed by atoms with E-state index in [2.05, 4.69) is 70.1 Å². The molecule has 1 aliphatic rings. The van der Waals surface area contributed by atoms with E-state index in [9.17, 15) is 0 Å². The number of aryl methyl sites for hydroxylation is 1. The molecule has 0 saturated carbocycles. The van der Waals surface area contributed by atoms with Crippen molar-refractivity contribution in [3.05, 3.63) is 54.1 Å². The van der Waals surface area contributed by atoms with Gasteiger partial charge in [0.15, 0.2) is 5.11 Å². The number of nitrogens with one attached hydrogen (secondary N) is 1. The van der Waals surface area contributed by atoms with E-state index in [1.54, 1.807) is 0 Å². The maximum absolute atomic E-state index is 5.69. The Bertz CT molecular complexity index is 697. The van der Waals surface area contributed by atoms with Gasteiger partial charge in [0.05, 0.1) is 17.8 Å². The molecular formula is C19H27N5S. The Hall–Kier alpha value is -1.92. The van der Waals surface area contributed by atoms with Crippen LogP contribution in [0.25, 0.3) is 0 Å². The molecule has 2 aromatic rings. The van der Waals surface area contributed by atoms with Crippen LogP contribution in [0.4, 0.5) is 0 Å². The quantitative estimate of drug-likeness (QED) is 0.771. The van der Waals surface area contributed by atoms with Crippen LogP contribution in [-0.4, -0.2) is 51.6 Å². The number of thiocarbonyl (C=S) groups is 1. The molecule has 0 spiro atoms. The van der Waals surface area contributed by atoms with E-state index in [1.165, 1.54) is 5.69 Å². The topological polar surface area (TPSA) is 36.3 Å². The van der Waals surface area contributed by atoms with Crippen LogP contribution >= 0.6 is 12.2 Å². The van der Waals surface area contributed by atoms with E-state index >= 15 is 0 Å². The van der Waals surface area contributed by atoms with Crippen LogP contribution in [0.1, 0.15) is 36.8 Å². The van der Waals surface area contributed by atoms with Gasteiger partial charge in [-0.1, -0.05) is 6.07 Å². The highest BCUT2D eigenvalue weighted by atomic mass is 32.1. The fourth-order valence-corrected chi connectivity index (χ4v) is 3.84. The summed E-state index contributed by atoms with van der Waals surface area (Å²) in [5.74, 6) is 0. The number of aromatic nitrogens is 2. The highest BCUT2D eigenvalue weighted by Gasteiger charge is 2.40. The van der Waals surface area contributed by atoms with Gasteiger partial charge < -0.3 is 19.7 Å². The van der Waals surface area contributed by atoms with Gasteiger partial charge in [-0.25, -0.2) is 0 Å². The fraction of sp³-hybridized carbons (Fsp3) is 0.474. The number of pyridine rings is 1. The summed E-state index contributed by atoms with van der Waals surface area (Å²) in [6, 6.07) is 10.6. The minimum Gasteiger partial charge on any atom is -0.352 e. The van der Waals surface area contributed by atoms with Crippen molar-refractivity contribution in [3.8, 4) is 0 Å². The summed E-state index contributed by atoms with van der Waals surface area (Å²) >= 11 is 5.69. The molecule has 1 N–H and O–H groups in total. The van der Waals surface area contributed by atoms with Crippen molar-refractivity contribution < 1.29 is 0 Å². The summed E-state index contributed by atoms with van der Waals surface area (Å²) in [5.41, 5.74) is 2.32. The molecule has 1 aliphatic heterocycles. The highest BCUT2D eigenvalue weighted by molar-refractivity contribution is 7.80. The van der Waals surface area contributed by atoms with Crippen LogP contribution in [0.3, 0.4) is 0 Å². The highest BCUT2D eigenvalue weighted by Crippen LogP contribution is 2.38. The summed E-state index contributed by atoms with van der Waals surface area (Å²) in [4.78, 5) is 9.14. The van der Waals surface area contributed by atoms with Crippen molar-refractivity contribution in [1.82, 2.24) is 24.7 Å². The predicted molar refractivity (Wildman–Crippen MR) is 105 cm³/mol. The molecule has 1 saturated heterocycles. The summed E-state index contributed by atoms with van der Waals surface area (Å²) in [7, 11) is 4.22. The molecule has 2 aromatic heterocycles. The van der Waals surface area contributed by atoms with Crippen molar-refractivity contribution in [2.24, 2.45) is 0 Å². The third-order valence-electron chi connectivity index (χ3n) is 4.71. The molecule has 3 rings (SSSR count). The first-order valence-electron chi connectivity index (χ1n) is 8.89. The first-order valence-corrected chi connectivity index (χ1v) is 9.30. The number of hydrogen-bond acceptors (Lipinski definition) is 3. The fourth-order valence-electron chi connectivity index (χ4n) is 3.51. The van der Waals surface area contributed by atoms with Gasteiger partial charge in [-0.3, -0.25) is 4.98 Å². The van der Waals surface area contributed by atoms with Crippen LogP contribution in [0.15, 0.2) is 42.7 Å². The van der Waals surface area contributed by atoms with Crippen LogP contribution in [0.2, 0.25) is 0 Å². The van der Waals surface area contributed by atoms with E-state index in [-0.39, 0.29) is 12.1 Å². The Kier molecular flexibility index (Phi) is 5.71. The maximum Gasteiger partial charge on any atom is 0.170 e. The molecule has 25 heavy (non-hydrogen) atoms. The summed E-state index contributed by atoms with van der Waals surface area (Å²) in [5, 5.41) is 4.34. The molecule has 1 fully saturated rings. The SMILES string of the molecule is CCn1cccc1[C@H]1[C@@H](c2ccccn2)NC(=S)N1CCCN(C)C. The minimum atomic E-state index is 0.0771. The second-order valence-electron chi connectivity index (χ2n) is 6.70. The third-order valence-corrected chi connectivity index (χ3v) is 5.06. The Morgan fingerprint density at radius 3 is 2.76 bits per heavy atom. The lowest BCUT2D eigenvalue weighted by atomic mass is 10.0. The molecule has 0 bridgehead atoms. The van der Waals surface area contributed by atoms with E-state index in [1.807, 2.05) is 18.3 Å². The van der Waals surface area contributed by atoms with Crippen molar-refractivity contribution in [1.29, 1.82) is 0 Å². The van der Waals surface area contributed by atoms with Gasteiger partial charge in [0, 0.05) is 31.2 Å². The summed E-state index contributed by atoms with van der Waals surface area (Å²) < 4.78 is 2.30. The van der Waals surface area contributed by atoms with Crippen LogP contribution in [0.5, 0.6) is 0 Å². The molecule has 0 aliphatic carbocycles. The van der Waals surface area contributed by atoms with Crippen LogP contribution < -0.4 is 5.32 Å².